The first kappa shape index (κ1) is 18.6. The van der Waals surface area contributed by atoms with Crippen molar-refractivity contribution in [3.63, 3.8) is 0 Å². The normalized spacial score (nSPS) is 16.5. The fourth-order valence-corrected chi connectivity index (χ4v) is 4.34. The van der Waals surface area contributed by atoms with Gasteiger partial charge in [-0.2, -0.15) is 5.10 Å². The first-order valence-corrected chi connectivity index (χ1v) is 10.1. The highest BCUT2D eigenvalue weighted by Crippen LogP contribution is 2.39. The second kappa shape index (κ2) is 7.14. The van der Waals surface area contributed by atoms with E-state index in [-0.39, 0.29) is 17.4 Å². The standard InChI is InChI=1S/C21H20ClN7O/c1-13-9-11-28-17(13)21(30)29(14-6-3-2-4-7-14)19(26-28)15-8-5-10-27(15)20-16(22)18(23)24-12-25-20/h2-4,6-7,9,11-12,15H,5,8,10H2,1H3,(H2,23,24,25)/t15-/m0/s1. The molecule has 1 aliphatic heterocycles. The van der Waals surface area contributed by atoms with E-state index in [1.807, 2.05) is 49.5 Å². The second-order valence-electron chi connectivity index (χ2n) is 7.37. The first-order chi connectivity index (χ1) is 14.6. The van der Waals surface area contributed by atoms with Crippen LogP contribution in [-0.2, 0) is 0 Å². The molecular weight excluding hydrogens is 402 g/mol. The maximum Gasteiger partial charge on any atom is 0.282 e. The zero-order chi connectivity index (χ0) is 20.8. The van der Waals surface area contributed by atoms with Gasteiger partial charge in [-0.25, -0.2) is 14.5 Å². The van der Waals surface area contributed by atoms with E-state index in [0.717, 1.165) is 30.6 Å². The van der Waals surface area contributed by atoms with E-state index < -0.39 is 0 Å². The van der Waals surface area contributed by atoms with Crippen LogP contribution in [0.3, 0.4) is 0 Å². The van der Waals surface area contributed by atoms with E-state index in [0.29, 0.717) is 22.2 Å². The van der Waals surface area contributed by atoms with Crippen LogP contribution in [0, 0.1) is 6.92 Å². The van der Waals surface area contributed by atoms with E-state index in [1.54, 1.807) is 9.08 Å². The maximum atomic E-state index is 13.6. The zero-order valence-electron chi connectivity index (χ0n) is 16.4. The minimum Gasteiger partial charge on any atom is -0.382 e. The fraction of sp³-hybridized carbons (Fsp3) is 0.238. The summed E-state index contributed by atoms with van der Waals surface area (Å²) in [7, 11) is 0. The SMILES string of the molecule is Cc1ccn2nc([C@@H]3CCCN3c3ncnc(N)c3Cl)n(-c3ccccc3)c(=O)c12. The first-order valence-electron chi connectivity index (χ1n) is 9.75. The molecule has 0 bridgehead atoms. The molecule has 152 valence electrons. The van der Waals surface area contributed by atoms with Gasteiger partial charge in [-0.3, -0.25) is 9.36 Å². The number of nitrogens with zero attached hydrogens (tertiary/aromatic N) is 6. The Bertz CT molecular complexity index is 1300. The highest BCUT2D eigenvalue weighted by molar-refractivity contribution is 6.35. The van der Waals surface area contributed by atoms with E-state index in [4.69, 9.17) is 22.4 Å². The van der Waals surface area contributed by atoms with Crippen molar-refractivity contribution in [2.24, 2.45) is 0 Å². The van der Waals surface area contributed by atoms with Crippen molar-refractivity contribution >= 4 is 28.8 Å². The third kappa shape index (κ3) is 2.83. The Balaban J connectivity index is 1.76. The summed E-state index contributed by atoms with van der Waals surface area (Å²) >= 11 is 6.43. The van der Waals surface area contributed by atoms with Crippen molar-refractivity contribution in [2.75, 3.05) is 17.2 Å². The third-order valence-electron chi connectivity index (χ3n) is 5.55. The van der Waals surface area contributed by atoms with Crippen LogP contribution >= 0.6 is 11.6 Å². The largest absolute Gasteiger partial charge is 0.382 e. The predicted octanol–water partition coefficient (Wildman–Crippen LogP) is 3.16. The number of fused-ring (bicyclic) bond motifs is 1. The van der Waals surface area contributed by atoms with Gasteiger partial charge in [0.15, 0.2) is 11.6 Å². The van der Waals surface area contributed by atoms with Gasteiger partial charge in [0.1, 0.15) is 22.7 Å². The summed E-state index contributed by atoms with van der Waals surface area (Å²) in [6.45, 7) is 2.65. The lowest BCUT2D eigenvalue weighted by atomic mass is 10.2. The number of benzene rings is 1. The van der Waals surface area contributed by atoms with E-state index in [1.165, 1.54) is 6.33 Å². The van der Waals surface area contributed by atoms with Gasteiger partial charge in [0.25, 0.3) is 5.56 Å². The summed E-state index contributed by atoms with van der Waals surface area (Å²) in [5.74, 6) is 1.43. The average molecular weight is 422 g/mol. The lowest BCUT2D eigenvalue weighted by Crippen LogP contribution is -2.33. The van der Waals surface area contributed by atoms with E-state index in [2.05, 4.69) is 14.9 Å². The monoisotopic (exact) mass is 421 g/mol. The molecule has 2 N–H and O–H groups in total. The Morgan fingerprint density at radius 3 is 2.77 bits per heavy atom. The molecule has 0 radical (unpaired) electrons. The van der Waals surface area contributed by atoms with Crippen LogP contribution in [-0.4, -0.2) is 30.7 Å². The summed E-state index contributed by atoms with van der Waals surface area (Å²) < 4.78 is 3.36. The van der Waals surface area contributed by atoms with Crippen LogP contribution < -0.4 is 16.2 Å². The van der Waals surface area contributed by atoms with E-state index in [9.17, 15) is 4.79 Å². The topological polar surface area (TPSA) is 94.3 Å². The highest BCUT2D eigenvalue weighted by atomic mass is 35.5. The Labute approximate surface area is 177 Å². The molecule has 3 aromatic heterocycles. The van der Waals surface area contributed by atoms with Crippen LogP contribution in [0.5, 0.6) is 0 Å². The minimum absolute atomic E-state index is 0.103. The fourth-order valence-electron chi connectivity index (χ4n) is 4.14. The molecule has 5 rings (SSSR count). The molecule has 1 saturated heterocycles. The van der Waals surface area contributed by atoms with Crippen molar-refractivity contribution in [1.29, 1.82) is 0 Å². The summed E-state index contributed by atoms with van der Waals surface area (Å²) in [6, 6.07) is 11.3. The molecule has 0 unspecified atom stereocenters. The van der Waals surface area contributed by atoms with Crippen LogP contribution in [0.1, 0.15) is 30.3 Å². The van der Waals surface area contributed by atoms with Gasteiger partial charge in [0, 0.05) is 12.7 Å². The number of anilines is 2. The molecule has 4 aromatic rings. The smallest absolute Gasteiger partial charge is 0.282 e. The lowest BCUT2D eigenvalue weighted by molar-refractivity contribution is 0.601. The van der Waals surface area contributed by atoms with Crippen LogP contribution in [0.4, 0.5) is 11.6 Å². The van der Waals surface area contributed by atoms with Crippen molar-refractivity contribution in [1.82, 2.24) is 24.1 Å². The molecule has 4 heterocycles. The van der Waals surface area contributed by atoms with Crippen molar-refractivity contribution in [2.45, 2.75) is 25.8 Å². The summed E-state index contributed by atoms with van der Waals surface area (Å²) in [4.78, 5) is 24.0. The molecule has 8 nitrogen and oxygen atoms in total. The third-order valence-corrected chi connectivity index (χ3v) is 5.91. The second-order valence-corrected chi connectivity index (χ2v) is 7.75. The molecule has 0 spiro atoms. The Morgan fingerprint density at radius 1 is 1.17 bits per heavy atom. The molecule has 1 atom stereocenters. The molecular formula is C21H20ClN7O. The Hall–Kier alpha value is -3.39. The van der Waals surface area contributed by atoms with Crippen molar-refractivity contribution in [3.8, 4) is 5.69 Å². The van der Waals surface area contributed by atoms with Gasteiger partial charge in [-0.1, -0.05) is 29.8 Å². The molecule has 9 heteroatoms. The number of para-hydroxylation sites is 1. The Kier molecular flexibility index (Phi) is 4.43. The molecule has 0 saturated carbocycles. The number of aryl methyl sites for hydroxylation is 1. The number of hydrogen-bond acceptors (Lipinski definition) is 6. The van der Waals surface area contributed by atoms with Gasteiger partial charge in [-0.05, 0) is 43.5 Å². The van der Waals surface area contributed by atoms with Gasteiger partial charge < -0.3 is 10.6 Å². The zero-order valence-corrected chi connectivity index (χ0v) is 17.1. The molecule has 30 heavy (non-hydrogen) atoms. The van der Waals surface area contributed by atoms with Gasteiger partial charge in [-0.15, -0.1) is 0 Å². The predicted molar refractivity (Wildman–Crippen MR) is 116 cm³/mol. The number of rotatable bonds is 3. The summed E-state index contributed by atoms with van der Waals surface area (Å²) in [5.41, 5.74) is 8.03. The van der Waals surface area contributed by atoms with Crippen molar-refractivity contribution in [3.05, 3.63) is 75.7 Å². The highest BCUT2D eigenvalue weighted by Gasteiger charge is 2.33. The molecule has 0 aliphatic carbocycles. The molecule has 1 aliphatic rings. The number of hydrogen-bond donors (Lipinski definition) is 1. The lowest BCUT2D eigenvalue weighted by Gasteiger charge is -2.28. The summed E-state index contributed by atoms with van der Waals surface area (Å²) in [5, 5.41) is 5.18. The van der Waals surface area contributed by atoms with Gasteiger partial charge >= 0.3 is 0 Å². The maximum absolute atomic E-state index is 13.6. The number of halogens is 1. The Morgan fingerprint density at radius 2 is 1.97 bits per heavy atom. The number of nitrogens with two attached hydrogens (primary N) is 1. The van der Waals surface area contributed by atoms with Crippen LogP contribution in [0.2, 0.25) is 5.02 Å². The van der Waals surface area contributed by atoms with Gasteiger partial charge in [0.2, 0.25) is 0 Å². The molecule has 0 amide bonds. The number of nitrogen functional groups attached to an aromatic ring is 1. The van der Waals surface area contributed by atoms with Crippen LogP contribution in [0.15, 0.2) is 53.7 Å². The summed E-state index contributed by atoms with van der Waals surface area (Å²) in [6.07, 6.45) is 4.95. The van der Waals surface area contributed by atoms with Crippen LogP contribution in [0.25, 0.3) is 11.2 Å². The van der Waals surface area contributed by atoms with E-state index >= 15 is 0 Å². The average Bonchev–Trinajstić information content (AvgIpc) is 3.37. The minimum atomic E-state index is -0.184. The van der Waals surface area contributed by atoms with Crippen molar-refractivity contribution < 1.29 is 0 Å². The molecule has 1 aromatic carbocycles. The quantitative estimate of drug-likeness (QED) is 0.546. The molecule has 1 fully saturated rings. The van der Waals surface area contributed by atoms with Gasteiger partial charge in [0.05, 0.1) is 11.7 Å². The number of aromatic nitrogens is 5.